The maximum atomic E-state index is 12.6. The summed E-state index contributed by atoms with van der Waals surface area (Å²) >= 11 is 3.07. The number of para-hydroxylation sites is 1. The predicted molar refractivity (Wildman–Crippen MR) is 123 cm³/mol. The van der Waals surface area contributed by atoms with Crippen LogP contribution < -0.4 is 10.9 Å². The number of anilines is 1. The molecular weight excluding hydrogens is 416 g/mol. The zero-order chi connectivity index (χ0) is 20.5. The van der Waals surface area contributed by atoms with Gasteiger partial charge in [-0.05, 0) is 43.4 Å². The number of nitrogens with zero attached hydrogens (tertiary/aromatic N) is 2. The van der Waals surface area contributed by atoms with Crippen molar-refractivity contribution in [3.8, 4) is 0 Å². The van der Waals surface area contributed by atoms with Crippen LogP contribution in [-0.2, 0) is 23.4 Å². The molecular formula is C22H20N4O2S2. The normalized spacial score (nSPS) is 13.5. The Labute approximate surface area is 181 Å². The smallest absolute Gasteiger partial charge is 0.259 e. The van der Waals surface area contributed by atoms with Crippen LogP contribution >= 0.6 is 23.1 Å². The fraction of sp³-hybridized carbons (Fsp3) is 0.273. The summed E-state index contributed by atoms with van der Waals surface area (Å²) in [5.74, 6) is 1.27. The highest BCUT2D eigenvalue weighted by Gasteiger charge is 2.19. The Morgan fingerprint density at radius 1 is 1.23 bits per heavy atom. The summed E-state index contributed by atoms with van der Waals surface area (Å²) < 4.78 is 0. The number of thiophene rings is 1. The molecule has 0 spiro atoms. The number of H-pyrrole nitrogens is 1. The van der Waals surface area contributed by atoms with Crippen molar-refractivity contribution in [2.24, 2.45) is 0 Å². The van der Waals surface area contributed by atoms with Crippen LogP contribution in [-0.4, -0.2) is 26.6 Å². The number of hydrogen-bond donors (Lipinski definition) is 2. The van der Waals surface area contributed by atoms with Crippen molar-refractivity contribution >= 4 is 55.8 Å². The number of nitrogens with one attached hydrogen (secondary N) is 2. The predicted octanol–water partition coefficient (Wildman–Crippen LogP) is 4.28. The zero-order valence-electron chi connectivity index (χ0n) is 16.2. The van der Waals surface area contributed by atoms with E-state index in [2.05, 4.69) is 20.3 Å². The van der Waals surface area contributed by atoms with Crippen LogP contribution in [0.1, 0.15) is 29.1 Å². The van der Waals surface area contributed by atoms with Crippen LogP contribution in [0.3, 0.4) is 0 Å². The van der Waals surface area contributed by atoms with Gasteiger partial charge in [0.15, 0.2) is 0 Å². The van der Waals surface area contributed by atoms with E-state index in [4.69, 9.17) is 0 Å². The van der Waals surface area contributed by atoms with Crippen molar-refractivity contribution in [1.82, 2.24) is 15.0 Å². The summed E-state index contributed by atoms with van der Waals surface area (Å²) in [6.07, 6.45) is 6.00. The fourth-order valence-corrected chi connectivity index (χ4v) is 5.82. The molecule has 0 saturated heterocycles. The lowest BCUT2D eigenvalue weighted by Gasteiger charge is -2.09. The van der Waals surface area contributed by atoms with Gasteiger partial charge in [0.05, 0.1) is 34.3 Å². The van der Waals surface area contributed by atoms with Crippen LogP contribution in [0.2, 0.25) is 0 Å². The largest absolute Gasteiger partial charge is 0.324 e. The van der Waals surface area contributed by atoms with E-state index in [0.29, 0.717) is 17.3 Å². The summed E-state index contributed by atoms with van der Waals surface area (Å²) in [6.45, 7) is 0. The minimum atomic E-state index is -0.105. The van der Waals surface area contributed by atoms with Gasteiger partial charge in [-0.25, -0.2) is 4.98 Å². The summed E-state index contributed by atoms with van der Waals surface area (Å²) in [5, 5.41) is 4.63. The van der Waals surface area contributed by atoms with Gasteiger partial charge in [0, 0.05) is 10.3 Å². The molecule has 4 aromatic rings. The second-order valence-electron chi connectivity index (χ2n) is 7.36. The number of pyridine rings is 1. The topological polar surface area (TPSA) is 87.7 Å². The Hall–Kier alpha value is -2.71. The highest BCUT2D eigenvalue weighted by atomic mass is 32.2. The van der Waals surface area contributed by atoms with E-state index < -0.39 is 0 Å². The van der Waals surface area contributed by atoms with Gasteiger partial charge in [-0.1, -0.05) is 18.2 Å². The molecule has 2 N–H and O–H groups in total. The number of carbonyl (C=O) groups is 1. The van der Waals surface area contributed by atoms with Crippen LogP contribution in [0, 0.1) is 0 Å². The first-order valence-corrected chi connectivity index (χ1v) is 11.9. The third-order valence-electron chi connectivity index (χ3n) is 5.22. The maximum Gasteiger partial charge on any atom is 0.259 e. The lowest BCUT2D eigenvalue weighted by molar-refractivity contribution is -0.113. The quantitative estimate of drug-likeness (QED) is 0.487. The molecule has 0 saturated carbocycles. The van der Waals surface area contributed by atoms with E-state index in [1.54, 1.807) is 17.5 Å². The van der Waals surface area contributed by atoms with Gasteiger partial charge >= 0.3 is 0 Å². The van der Waals surface area contributed by atoms with E-state index >= 15 is 0 Å². The molecule has 1 aromatic carbocycles. The van der Waals surface area contributed by atoms with Crippen molar-refractivity contribution < 1.29 is 4.79 Å². The molecule has 0 atom stereocenters. The molecule has 0 radical (unpaired) electrons. The molecule has 3 aromatic heterocycles. The van der Waals surface area contributed by atoms with Gasteiger partial charge in [0.1, 0.15) is 10.7 Å². The average Bonchev–Trinajstić information content (AvgIpc) is 3.12. The van der Waals surface area contributed by atoms with Gasteiger partial charge in [-0.3, -0.25) is 14.6 Å². The lowest BCUT2D eigenvalue weighted by atomic mass is 9.97. The Balaban J connectivity index is 1.23. The van der Waals surface area contributed by atoms with Crippen molar-refractivity contribution in [2.75, 3.05) is 11.1 Å². The van der Waals surface area contributed by atoms with E-state index in [9.17, 15) is 9.59 Å². The lowest BCUT2D eigenvalue weighted by Crippen LogP contribution is -2.15. The number of thioether (sulfide) groups is 1. The molecule has 0 aliphatic heterocycles. The molecule has 0 fully saturated rings. The van der Waals surface area contributed by atoms with E-state index in [-0.39, 0.29) is 17.2 Å². The van der Waals surface area contributed by atoms with Crippen molar-refractivity contribution in [3.63, 3.8) is 0 Å². The first-order valence-electron chi connectivity index (χ1n) is 9.93. The molecule has 8 heteroatoms. The number of carbonyl (C=O) groups excluding carboxylic acids is 1. The average molecular weight is 437 g/mol. The molecule has 1 amide bonds. The first kappa shape index (κ1) is 19.3. The molecule has 5 rings (SSSR count). The molecule has 6 nitrogen and oxygen atoms in total. The maximum absolute atomic E-state index is 12.6. The van der Waals surface area contributed by atoms with Crippen molar-refractivity contribution in [2.45, 2.75) is 31.4 Å². The molecule has 0 bridgehead atoms. The van der Waals surface area contributed by atoms with E-state index in [0.717, 1.165) is 40.4 Å². The number of aryl methyl sites for hydroxylation is 2. The summed E-state index contributed by atoms with van der Waals surface area (Å²) in [6, 6.07) is 9.70. The number of fused-ring (bicyclic) bond motifs is 4. The van der Waals surface area contributed by atoms with Gasteiger partial charge in [0.25, 0.3) is 5.56 Å². The highest BCUT2D eigenvalue weighted by Crippen LogP contribution is 2.33. The van der Waals surface area contributed by atoms with Crippen LogP contribution in [0.4, 0.5) is 5.69 Å². The van der Waals surface area contributed by atoms with Gasteiger partial charge in [0.2, 0.25) is 5.91 Å². The molecule has 152 valence electrons. The highest BCUT2D eigenvalue weighted by molar-refractivity contribution is 7.99. The second kappa shape index (κ2) is 8.20. The first-order chi connectivity index (χ1) is 14.7. The number of hydrogen-bond acceptors (Lipinski definition) is 6. The van der Waals surface area contributed by atoms with Crippen LogP contribution in [0.25, 0.3) is 21.1 Å². The Morgan fingerprint density at radius 2 is 2.10 bits per heavy atom. The molecule has 1 aliphatic rings. The Bertz CT molecular complexity index is 1310. The molecule has 30 heavy (non-hydrogen) atoms. The number of aromatic amines is 1. The zero-order valence-corrected chi connectivity index (χ0v) is 17.9. The van der Waals surface area contributed by atoms with E-state index in [1.807, 2.05) is 30.3 Å². The molecule has 3 heterocycles. The van der Waals surface area contributed by atoms with Crippen LogP contribution in [0.15, 0.2) is 41.3 Å². The minimum Gasteiger partial charge on any atom is -0.324 e. The monoisotopic (exact) mass is 436 g/mol. The van der Waals surface area contributed by atoms with Crippen LogP contribution in [0.5, 0.6) is 0 Å². The SMILES string of the molecule is O=C(CSCc1nc2sc3c(c2c(=O)[nH]1)CCCC3)Nc1cnc2ccccc2c1. The third-order valence-corrected chi connectivity index (χ3v) is 7.35. The van der Waals surface area contributed by atoms with Gasteiger partial charge in [-0.2, -0.15) is 0 Å². The molecule has 1 aliphatic carbocycles. The summed E-state index contributed by atoms with van der Waals surface area (Å²) in [7, 11) is 0. The number of rotatable bonds is 5. The summed E-state index contributed by atoms with van der Waals surface area (Å²) in [5.41, 5.74) is 2.71. The van der Waals surface area contributed by atoms with E-state index in [1.165, 1.54) is 28.6 Å². The van der Waals surface area contributed by atoms with Gasteiger partial charge in [-0.15, -0.1) is 23.1 Å². The number of amides is 1. The summed E-state index contributed by atoms with van der Waals surface area (Å²) in [4.78, 5) is 39.0. The van der Waals surface area contributed by atoms with Crippen molar-refractivity contribution in [3.05, 3.63) is 63.1 Å². The second-order valence-corrected chi connectivity index (χ2v) is 9.43. The third kappa shape index (κ3) is 3.85. The van der Waals surface area contributed by atoms with Crippen molar-refractivity contribution in [1.29, 1.82) is 0 Å². The number of aromatic nitrogens is 3. The fourth-order valence-electron chi connectivity index (χ4n) is 3.85. The molecule has 0 unspecified atom stereocenters. The number of benzene rings is 1. The van der Waals surface area contributed by atoms with Gasteiger partial charge < -0.3 is 10.3 Å². The minimum absolute atomic E-state index is 0.0540. The Kier molecular flexibility index (Phi) is 5.26. The Morgan fingerprint density at radius 3 is 3.03 bits per heavy atom. The standard InChI is InChI=1S/C22H20N4O2S2/c27-19(24-14-9-13-5-1-3-7-16(13)23-10-14)12-29-11-18-25-21(28)20-15-6-2-4-8-17(15)30-22(20)26-18/h1,3,5,7,9-10H,2,4,6,8,11-12H2,(H,24,27)(H,25,26,28).